The van der Waals surface area contributed by atoms with Crippen LogP contribution in [0.15, 0.2) is 24.3 Å². The van der Waals surface area contributed by atoms with E-state index in [1.165, 1.54) is 0 Å². The van der Waals surface area contributed by atoms with Crippen LogP contribution in [0.25, 0.3) is 0 Å². The van der Waals surface area contributed by atoms with Crippen molar-refractivity contribution in [2.45, 2.75) is 18.7 Å². The van der Waals surface area contributed by atoms with Gasteiger partial charge in [-0.25, -0.2) is 0 Å². The Bertz CT molecular complexity index is 379. The second-order valence-corrected chi connectivity index (χ2v) is 5.33. The Hall–Kier alpha value is -1.07. The van der Waals surface area contributed by atoms with Gasteiger partial charge in [-0.05, 0) is 38.1 Å². The number of benzene rings is 1. The SMILES string of the molecule is CCN(CCO)c1ccc(NC(=O)C(C)Br)cc1. The van der Waals surface area contributed by atoms with E-state index in [4.69, 9.17) is 5.11 Å². The number of anilines is 2. The molecule has 5 heteroatoms. The number of hydrogen-bond acceptors (Lipinski definition) is 3. The highest BCUT2D eigenvalue weighted by Crippen LogP contribution is 2.18. The van der Waals surface area contributed by atoms with Gasteiger partial charge in [0, 0.05) is 24.5 Å². The van der Waals surface area contributed by atoms with Crippen molar-refractivity contribution in [2.24, 2.45) is 0 Å². The number of carbonyl (C=O) groups is 1. The topological polar surface area (TPSA) is 52.6 Å². The average molecular weight is 315 g/mol. The molecule has 1 rings (SSSR count). The van der Waals surface area contributed by atoms with Gasteiger partial charge < -0.3 is 15.3 Å². The van der Waals surface area contributed by atoms with Crippen LogP contribution in [0.4, 0.5) is 11.4 Å². The Kier molecular flexibility index (Phi) is 6.15. The fraction of sp³-hybridized carbons (Fsp3) is 0.462. The Balaban J connectivity index is 2.70. The number of nitrogens with zero attached hydrogens (tertiary/aromatic N) is 1. The van der Waals surface area contributed by atoms with Gasteiger partial charge in [0.1, 0.15) is 0 Å². The standard InChI is InChI=1S/C13H19BrN2O2/c1-3-16(8-9-17)12-6-4-11(5-7-12)15-13(18)10(2)14/h4-7,10,17H,3,8-9H2,1-2H3,(H,15,18). The van der Waals surface area contributed by atoms with Crippen LogP contribution in [0.3, 0.4) is 0 Å². The number of rotatable bonds is 6. The molecular formula is C13H19BrN2O2. The lowest BCUT2D eigenvalue weighted by atomic mass is 10.2. The maximum absolute atomic E-state index is 11.5. The number of aliphatic hydroxyl groups is 1. The van der Waals surface area contributed by atoms with Gasteiger partial charge in [-0.1, -0.05) is 15.9 Å². The minimum absolute atomic E-state index is 0.0644. The third kappa shape index (κ3) is 4.31. The molecule has 0 aromatic heterocycles. The fourth-order valence-electron chi connectivity index (χ4n) is 1.59. The molecule has 0 saturated carbocycles. The molecule has 0 aliphatic rings. The molecule has 0 spiro atoms. The van der Waals surface area contributed by atoms with Crippen LogP contribution in [-0.2, 0) is 4.79 Å². The molecule has 0 radical (unpaired) electrons. The highest BCUT2D eigenvalue weighted by molar-refractivity contribution is 9.10. The van der Waals surface area contributed by atoms with Crippen LogP contribution in [0.2, 0.25) is 0 Å². The van der Waals surface area contributed by atoms with Crippen molar-refractivity contribution >= 4 is 33.2 Å². The lowest BCUT2D eigenvalue weighted by Crippen LogP contribution is -2.26. The van der Waals surface area contributed by atoms with E-state index in [-0.39, 0.29) is 17.3 Å². The first kappa shape index (κ1) is 15.0. The minimum Gasteiger partial charge on any atom is -0.395 e. The number of hydrogen-bond donors (Lipinski definition) is 2. The summed E-state index contributed by atoms with van der Waals surface area (Å²) in [5, 5.41) is 11.8. The zero-order chi connectivity index (χ0) is 13.5. The number of likely N-dealkylation sites (N-methyl/N-ethyl adjacent to an activating group) is 1. The second kappa shape index (κ2) is 7.38. The zero-order valence-corrected chi connectivity index (χ0v) is 12.3. The maximum Gasteiger partial charge on any atom is 0.237 e. The molecule has 1 atom stereocenters. The van der Waals surface area contributed by atoms with Crippen LogP contribution in [0.5, 0.6) is 0 Å². The van der Waals surface area contributed by atoms with E-state index in [1.807, 2.05) is 31.2 Å². The Labute approximate surface area is 116 Å². The molecule has 0 aliphatic heterocycles. The average Bonchev–Trinajstić information content (AvgIpc) is 2.37. The van der Waals surface area contributed by atoms with E-state index in [2.05, 4.69) is 26.1 Å². The summed E-state index contributed by atoms with van der Waals surface area (Å²) in [6.07, 6.45) is 0. The molecule has 0 saturated heterocycles. The molecule has 2 N–H and O–H groups in total. The van der Waals surface area contributed by atoms with Crippen LogP contribution in [-0.4, -0.2) is 35.5 Å². The Morgan fingerprint density at radius 3 is 2.50 bits per heavy atom. The second-order valence-electron chi connectivity index (χ2n) is 3.96. The van der Waals surface area contributed by atoms with Crippen molar-refractivity contribution in [3.63, 3.8) is 0 Å². The first-order valence-electron chi connectivity index (χ1n) is 5.99. The molecule has 4 nitrogen and oxygen atoms in total. The number of alkyl halides is 1. The van der Waals surface area contributed by atoms with Crippen LogP contribution >= 0.6 is 15.9 Å². The van der Waals surface area contributed by atoms with Gasteiger partial charge in [-0.15, -0.1) is 0 Å². The summed E-state index contributed by atoms with van der Waals surface area (Å²) in [5.74, 6) is -0.0644. The molecule has 0 bridgehead atoms. The first-order chi connectivity index (χ1) is 8.58. The molecule has 1 aromatic rings. The van der Waals surface area contributed by atoms with E-state index >= 15 is 0 Å². The lowest BCUT2D eigenvalue weighted by Gasteiger charge is -2.22. The van der Waals surface area contributed by atoms with Gasteiger partial charge >= 0.3 is 0 Å². The smallest absolute Gasteiger partial charge is 0.237 e. The predicted molar refractivity (Wildman–Crippen MR) is 78.4 cm³/mol. The highest BCUT2D eigenvalue weighted by atomic mass is 79.9. The quantitative estimate of drug-likeness (QED) is 0.792. The van der Waals surface area contributed by atoms with Crippen molar-refractivity contribution in [1.82, 2.24) is 0 Å². The fourth-order valence-corrected chi connectivity index (χ4v) is 1.70. The number of amides is 1. The monoisotopic (exact) mass is 314 g/mol. The third-order valence-electron chi connectivity index (χ3n) is 2.61. The number of carbonyl (C=O) groups excluding carboxylic acids is 1. The lowest BCUT2D eigenvalue weighted by molar-refractivity contribution is -0.115. The molecule has 0 fully saturated rings. The zero-order valence-electron chi connectivity index (χ0n) is 10.7. The van der Waals surface area contributed by atoms with E-state index in [0.717, 1.165) is 17.9 Å². The molecule has 1 amide bonds. The Morgan fingerprint density at radius 1 is 1.44 bits per heavy atom. The maximum atomic E-state index is 11.5. The molecule has 1 aromatic carbocycles. The summed E-state index contributed by atoms with van der Waals surface area (Å²) in [5.41, 5.74) is 1.81. The van der Waals surface area contributed by atoms with E-state index < -0.39 is 0 Å². The van der Waals surface area contributed by atoms with E-state index in [9.17, 15) is 4.79 Å². The van der Waals surface area contributed by atoms with E-state index in [1.54, 1.807) is 6.92 Å². The molecular weight excluding hydrogens is 296 g/mol. The van der Waals surface area contributed by atoms with Crippen LogP contribution in [0, 0.1) is 0 Å². The first-order valence-corrected chi connectivity index (χ1v) is 6.90. The van der Waals surface area contributed by atoms with Gasteiger partial charge in [0.05, 0.1) is 11.4 Å². The molecule has 100 valence electrons. The molecule has 1 unspecified atom stereocenters. The van der Waals surface area contributed by atoms with Gasteiger partial charge in [-0.2, -0.15) is 0 Å². The summed E-state index contributed by atoms with van der Waals surface area (Å²) in [6, 6.07) is 7.60. The number of aliphatic hydroxyl groups excluding tert-OH is 1. The third-order valence-corrected chi connectivity index (χ3v) is 3.03. The van der Waals surface area contributed by atoms with Crippen molar-refractivity contribution in [1.29, 1.82) is 0 Å². The van der Waals surface area contributed by atoms with Gasteiger partial charge in [0.2, 0.25) is 5.91 Å². The summed E-state index contributed by atoms with van der Waals surface area (Å²) < 4.78 is 0. The Morgan fingerprint density at radius 2 is 2.06 bits per heavy atom. The van der Waals surface area contributed by atoms with Crippen LogP contribution < -0.4 is 10.2 Å². The predicted octanol–water partition coefficient (Wildman–Crippen LogP) is 2.23. The van der Waals surface area contributed by atoms with Crippen molar-refractivity contribution < 1.29 is 9.90 Å². The summed E-state index contributed by atoms with van der Waals surface area (Å²) in [7, 11) is 0. The van der Waals surface area contributed by atoms with Crippen LogP contribution in [0.1, 0.15) is 13.8 Å². The highest BCUT2D eigenvalue weighted by Gasteiger charge is 2.09. The largest absolute Gasteiger partial charge is 0.395 e. The summed E-state index contributed by atoms with van der Waals surface area (Å²) >= 11 is 3.22. The molecule has 0 heterocycles. The number of nitrogens with one attached hydrogen (secondary N) is 1. The number of halogens is 1. The molecule has 18 heavy (non-hydrogen) atoms. The molecule has 0 aliphatic carbocycles. The van der Waals surface area contributed by atoms with Gasteiger partial charge in [0.25, 0.3) is 0 Å². The normalized spacial score (nSPS) is 12.0. The van der Waals surface area contributed by atoms with E-state index in [0.29, 0.717) is 6.54 Å². The summed E-state index contributed by atoms with van der Waals surface area (Å²) in [6.45, 7) is 5.40. The van der Waals surface area contributed by atoms with Crippen molar-refractivity contribution in [3.8, 4) is 0 Å². The van der Waals surface area contributed by atoms with Gasteiger partial charge in [0.15, 0.2) is 0 Å². The minimum atomic E-state index is -0.210. The summed E-state index contributed by atoms with van der Waals surface area (Å²) in [4.78, 5) is 13.3. The van der Waals surface area contributed by atoms with Crippen molar-refractivity contribution in [3.05, 3.63) is 24.3 Å². The van der Waals surface area contributed by atoms with Gasteiger partial charge in [-0.3, -0.25) is 4.79 Å². The van der Waals surface area contributed by atoms with Crippen molar-refractivity contribution in [2.75, 3.05) is 29.9 Å².